The van der Waals surface area contributed by atoms with Crippen LogP contribution in [0.1, 0.15) is 24.0 Å². The second-order valence-electron chi connectivity index (χ2n) is 7.63. The largest absolute Gasteiger partial charge is 0.352 e. The summed E-state index contributed by atoms with van der Waals surface area (Å²) in [6.45, 7) is 4.17. The van der Waals surface area contributed by atoms with E-state index in [9.17, 15) is 4.79 Å². The van der Waals surface area contributed by atoms with Crippen molar-refractivity contribution in [3.05, 3.63) is 78.1 Å². The zero-order valence-electron chi connectivity index (χ0n) is 16.7. The molecule has 1 aliphatic rings. The second kappa shape index (κ2) is 8.86. The molecule has 0 radical (unpaired) electrons. The minimum Gasteiger partial charge on any atom is -0.352 e. The summed E-state index contributed by atoms with van der Waals surface area (Å²) in [4.78, 5) is 23.9. The van der Waals surface area contributed by atoms with E-state index in [1.54, 1.807) is 0 Å². The fourth-order valence-corrected chi connectivity index (χ4v) is 3.79. The number of hydrogen-bond acceptors (Lipinski definition) is 4. The van der Waals surface area contributed by atoms with Crippen LogP contribution in [0.25, 0.3) is 11.1 Å². The van der Waals surface area contributed by atoms with Gasteiger partial charge in [0.15, 0.2) is 0 Å². The molecule has 1 amide bonds. The molecular formula is C24H26N4O. The smallest absolute Gasteiger partial charge is 0.225 e. The molecule has 0 unspecified atom stereocenters. The Hall–Kier alpha value is -3.21. The Balaban J connectivity index is 1.37. The molecule has 0 spiro atoms. The first kappa shape index (κ1) is 19.1. The lowest BCUT2D eigenvalue weighted by Crippen LogP contribution is -2.43. The molecule has 4 rings (SSSR count). The van der Waals surface area contributed by atoms with Gasteiger partial charge < -0.3 is 10.2 Å². The maximum atomic E-state index is 12.7. The lowest BCUT2D eigenvalue weighted by molar-refractivity contribution is -0.125. The van der Waals surface area contributed by atoms with Gasteiger partial charge in [-0.1, -0.05) is 60.2 Å². The Bertz CT molecular complexity index is 956. The van der Waals surface area contributed by atoms with E-state index in [0.717, 1.165) is 36.1 Å². The van der Waals surface area contributed by atoms with Gasteiger partial charge in [0.1, 0.15) is 0 Å². The SMILES string of the molecule is Cc1cccc(CNC(=O)[C@@H]2CCCN(c3ncc(-c4ccccc4)cn3)C2)c1. The third kappa shape index (κ3) is 4.80. The van der Waals surface area contributed by atoms with Crippen molar-refractivity contribution in [2.24, 2.45) is 5.92 Å². The zero-order valence-corrected chi connectivity index (χ0v) is 16.7. The highest BCUT2D eigenvalue weighted by atomic mass is 16.1. The van der Waals surface area contributed by atoms with Crippen molar-refractivity contribution < 1.29 is 4.79 Å². The Labute approximate surface area is 171 Å². The minimum absolute atomic E-state index is 0.0361. The number of aromatic nitrogens is 2. The van der Waals surface area contributed by atoms with E-state index in [1.807, 2.05) is 54.9 Å². The Morgan fingerprint density at radius 3 is 2.62 bits per heavy atom. The second-order valence-corrected chi connectivity index (χ2v) is 7.63. The Morgan fingerprint density at radius 2 is 1.86 bits per heavy atom. The van der Waals surface area contributed by atoms with Gasteiger partial charge >= 0.3 is 0 Å². The Kier molecular flexibility index (Phi) is 5.84. The molecule has 0 bridgehead atoms. The molecule has 2 aromatic carbocycles. The minimum atomic E-state index is -0.0361. The number of nitrogens with one attached hydrogen (secondary N) is 1. The van der Waals surface area contributed by atoms with Crippen molar-refractivity contribution in [3.8, 4) is 11.1 Å². The first-order valence-corrected chi connectivity index (χ1v) is 10.1. The number of nitrogens with zero attached hydrogens (tertiary/aromatic N) is 3. The molecule has 29 heavy (non-hydrogen) atoms. The van der Waals surface area contributed by atoms with Gasteiger partial charge in [0.2, 0.25) is 11.9 Å². The predicted molar refractivity (Wildman–Crippen MR) is 115 cm³/mol. The van der Waals surface area contributed by atoms with Crippen LogP contribution in [0.4, 0.5) is 5.95 Å². The fraction of sp³-hybridized carbons (Fsp3) is 0.292. The van der Waals surface area contributed by atoms with Gasteiger partial charge in [-0.15, -0.1) is 0 Å². The molecule has 0 saturated carbocycles. The van der Waals surface area contributed by atoms with Gasteiger partial charge in [-0.2, -0.15) is 0 Å². The molecule has 2 heterocycles. The van der Waals surface area contributed by atoms with Crippen molar-refractivity contribution >= 4 is 11.9 Å². The van der Waals surface area contributed by atoms with Crippen molar-refractivity contribution in [1.29, 1.82) is 0 Å². The monoisotopic (exact) mass is 386 g/mol. The molecule has 1 N–H and O–H groups in total. The quantitative estimate of drug-likeness (QED) is 0.720. The van der Waals surface area contributed by atoms with E-state index in [2.05, 4.69) is 39.2 Å². The number of benzene rings is 2. The number of hydrogen-bond donors (Lipinski definition) is 1. The summed E-state index contributed by atoms with van der Waals surface area (Å²) in [5.41, 5.74) is 4.44. The summed E-state index contributed by atoms with van der Waals surface area (Å²) in [5, 5.41) is 3.09. The van der Waals surface area contributed by atoms with E-state index in [-0.39, 0.29) is 11.8 Å². The number of anilines is 1. The molecule has 1 saturated heterocycles. The highest BCUT2D eigenvalue weighted by Gasteiger charge is 2.27. The van der Waals surface area contributed by atoms with Crippen LogP contribution in [0.3, 0.4) is 0 Å². The van der Waals surface area contributed by atoms with E-state index < -0.39 is 0 Å². The maximum absolute atomic E-state index is 12.7. The predicted octanol–water partition coefficient (Wildman–Crippen LogP) is 3.98. The van der Waals surface area contributed by atoms with Crippen LogP contribution < -0.4 is 10.2 Å². The molecule has 1 atom stereocenters. The van der Waals surface area contributed by atoms with Gasteiger partial charge in [-0.25, -0.2) is 9.97 Å². The van der Waals surface area contributed by atoms with Crippen LogP contribution in [0.5, 0.6) is 0 Å². The standard InChI is InChI=1S/C24H26N4O/c1-18-7-5-8-19(13-18)14-25-23(29)21-11-6-12-28(17-21)24-26-15-22(16-27-24)20-9-3-2-4-10-20/h2-5,7-10,13,15-16,21H,6,11-12,14,17H2,1H3,(H,25,29)/t21-/m1/s1. The normalized spacial score (nSPS) is 16.4. The number of aryl methyl sites for hydroxylation is 1. The molecule has 1 aliphatic heterocycles. The van der Waals surface area contributed by atoms with Gasteiger partial charge in [0, 0.05) is 37.6 Å². The van der Waals surface area contributed by atoms with Crippen molar-refractivity contribution in [3.63, 3.8) is 0 Å². The topological polar surface area (TPSA) is 58.1 Å². The van der Waals surface area contributed by atoms with Gasteiger partial charge in [0.25, 0.3) is 0 Å². The molecule has 1 fully saturated rings. The van der Waals surface area contributed by atoms with Crippen molar-refractivity contribution in [1.82, 2.24) is 15.3 Å². The van der Waals surface area contributed by atoms with Crippen LogP contribution in [0.2, 0.25) is 0 Å². The summed E-state index contributed by atoms with van der Waals surface area (Å²) < 4.78 is 0. The van der Waals surface area contributed by atoms with Crippen LogP contribution in [-0.2, 0) is 11.3 Å². The molecule has 1 aromatic heterocycles. The molecule has 148 valence electrons. The number of carbonyl (C=O) groups is 1. The first-order valence-electron chi connectivity index (χ1n) is 10.1. The van der Waals surface area contributed by atoms with Crippen molar-refractivity contribution in [2.45, 2.75) is 26.3 Å². The highest BCUT2D eigenvalue weighted by molar-refractivity contribution is 5.79. The number of carbonyl (C=O) groups excluding carboxylic acids is 1. The van der Waals surface area contributed by atoms with Gasteiger partial charge in [-0.3, -0.25) is 4.79 Å². The fourth-order valence-electron chi connectivity index (χ4n) is 3.79. The van der Waals surface area contributed by atoms with Crippen LogP contribution >= 0.6 is 0 Å². The van der Waals surface area contributed by atoms with Crippen molar-refractivity contribution in [2.75, 3.05) is 18.0 Å². The van der Waals surface area contributed by atoms with E-state index >= 15 is 0 Å². The third-order valence-corrected chi connectivity index (χ3v) is 5.37. The van der Waals surface area contributed by atoms with E-state index in [0.29, 0.717) is 19.0 Å². The average Bonchev–Trinajstić information content (AvgIpc) is 2.78. The van der Waals surface area contributed by atoms with E-state index in [4.69, 9.17) is 0 Å². The van der Waals surface area contributed by atoms with Crippen LogP contribution in [0.15, 0.2) is 67.0 Å². The molecule has 5 nitrogen and oxygen atoms in total. The molecule has 3 aromatic rings. The van der Waals surface area contributed by atoms with E-state index in [1.165, 1.54) is 5.56 Å². The van der Waals surface area contributed by atoms with Gasteiger partial charge in [0.05, 0.1) is 5.92 Å². The number of amides is 1. The molecule has 0 aliphatic carbocycles. The summed E-state index contributed by atoms with van der Waals surface area (Å²) in [6.07, 6.45) is 5.59. The summed E-state index contributed by atoms with van der Waals surface area (Å²) in [6, 6.07) is 18.3. The highest BCUT2D eigenvalue weighted by Crippen LogP contribution is 2.23. The number of rotatable bonds is 5. The lowest BCUT2D eigenvalue weighted by Gasteiger charge is -2.32. The maximum Gasteiger partial charge on any atom is 0.225 e. The summed E-state index contributed by atoms with van der Waals surface area (Å²) in [5.74, 6) is 0.768. The molecule has 5 heteroatoms. The molecular weight excluding hydrogens is 360 g/mol. The average molecular weight is 386 g/mol. The third-order valence-electron chi connectivity index (χ3n) is 5.37. The number of piperidine rings is 1. The van der Waals surface area contributed by atoms with Crippen LogP contribution in [0, 0.1) is 12.8 Å². The summed E-state index contributed by atoms with van der Waals surface area (Å²) >= 11 is 0. The Morgan fingerprint density at radius 1 is 1.07 bits per heavy atom. The first-order chi connectivity index (χ1) is 14.2. The zero-order chi connectivity index (χ0) is 20.1. The van der Waals surface area contributed by atoms with Gasteiger partial charge in [-0.05, 0) is 30.9 Å². The van der Waals surface area contributed by atoms with Crippen LogP contribution in [-0.4, -0.2) is 29.0 Å². The summed E-state index contributed by atoms with van der Waals surface area (Å²) in [7, 11) is 0. The lowest BCUT2D eigenvalue weighted by atomic mass is 9.97.